The SMILES string of the molecule is Cc1cnc2c(c1)nc(-c1ccc(C)c(C)c1)n2CCN. The van der Waals surface area contributed by atoms with E-state index in [-0.39, 0.29) is 0 Å². The van der Waals surface area contributed by atoms with E-state index in [1.165, 1.54) is 11.1 Å². The summed E-state index contributed by atoms with van der Waals surface area (Å²) in [5.74, 6) is 0.941. The first-order chi connectivity index (χ1) is 10.1. The molecule has 0 radical (unpaired) electrons. The van der Waals surface area contributed by atoms with Crippen molar-refractivity contribution in [2.75, 3.05) is 6.54 Å². The summed E-state index contributed by atoms with van der Waals surface area (Å²) >= 11 is 0. The van der Waals surface area contributed by atoms with Crippen LogP contribution in [0.3, 0.4) is 0 Å². The van der Waals surface area contributed by atoms with E-state index in [2.05, 4.69) is 47.7 Å². The molecule has 2 aromatic heterocycles. The molecule has 3 rings (SSSR count). The van der Waals surface area contributed by atoms with Gasteiger partial charge in [-0.3, -0.25) is 0 Å². The van der Waals surface area contributed by atoms with Crippen molar-refractivity contribution < 1.29 is 0 Å². The van der Waals surface area contributed by atoms with Crippen LogP contribution in [0.15, 0.2) is 30.5 Å². The Kier molecular flexibility index (Phi) is 3.47. The van der Waals surface area contributed by atoms with Crippen LogP contribution in [0, 0.1) is 20.8 Å². The molecule has 0 amide bonds. The fourth-order valence-corrected chi connectivity index (χ4v) is 2.55. The number of hydrogen-bond acceptors (Lipinski definition) is 3. The lowest BCUT2D eigenvalue weighted by molar-refractivity contribution is 0.729. The van der Waals surface area contributed by atoms with Gasteiger partial charge in [-0.2, -0.15) is 0 Å². The summed E-state index contributed by atoms with van der Waals surface area (Å²) in [4.78, 5) is 9.31. The zero-order valence-corrected chi connectivity index (χ0v) is 12.7. The number of imidazole rings is 1. The molecule has 4 nitrogen and oxygen atoms in total. The zero-order chi connectivity index (χ0) is 15.0. The highest BCUT2D eigenvalue weighted by molar-refractivity contribution is 5.77. The Morgan fingerprint density at radius 1 is 1.10 bits per heavy atom. The van der Waals surface area contributed by atoms with Gasteiger partial charge in [-0.25, -0.2) is 9.97 Å². The van der Waals surface area contributed by atoms with Gasteiger partial charge >= 0.3 is 0 Å². The molecule has 2 heterocycles. The number of aromatic nitrogens is 3. The highest BCUT2D eigenvalue weighted by atomic mass is 15.1. The summed E-state index contributed by atoms with van der Waals surface area (Å²) < 4.78 is 2.11. The molecule has 3 aromatic rings. The van der Waals surface area contributed by atoms with Gasteiger partial charge < -0.3 is 10.3 Å². The lowest BCUT2D eigenvalue weighted by Crippen LogP contribution is -2.11. The molecule has 0 aliphatic heterocycles. The molecule has 0 saturated heterocycles. The monoisotopic (exact) mass is 280 g/mol. The molecular weight excluding hydrogens is 260 g/mol. The van der Waals surface area contributed by atoms with Crippen molar-refractivity contribution in [2.45, 2.75) is 27.3 Å². The van der Waals surface area contributed by atoms with Crippen molar-refractivity contribution in [3.8, 4) is 11.4 Å². The predicted molar refractivity (Wildman–Crippen MR) is 86.2 cm³/mol. The topological polar surface area (TPSA) is 56.7 Å². The lowest BCUT2D eigenvalue weighted by atomic mass is 10.1. The van der Waals surface area contributed by atoms with Gasteiger partial charge in [0, 0.05) is 24.8 Å². The molecule has 4 heteroatoms. The third-order valence-corrected chi connectivity index (χ3v) is 3.84. The Labute approximate surface area is 124 Å². The van der Waals surface area contributed by atoms with Gasteiger partial charge in [0.2, 0.25) is 0 Å². The van der Waals surface area contributed by atoms with Crippen molar-refractivity contribution in [2.24, 2.45) is 5.73 Å². The molecule has 21 heavy (non-hydrogen) atoms. The third-order valence-electron chi connectivity index (χ3n) is 3.84. The quantitative estimate of drug-likeness (QED) is 0.802. The van der Waals surface area contributed by atoms with E-state index < -0.39 is 0 Å². The number of pyridine rings is 1. The summed E-state index contributed by atoms with van der Waals surface area (Å²) in [7, 11) is 0. The van der Waals surface area contributed by atoms with Gasteiger partial charge in [0.25, 0.3) is 0 Å². The Bertz CT molecular complexity index is 802. The van der Waals surface area contributed by atoms with Crippen LogP contribution in [0.5, 0.6) is 0 Å². The molecule has 0 aliphatic rings. The predicted octanol–water partition coefficient (Wildman–Crippen LogP) is 2.98. The van der Waals surface area contributed by atoms with E-state index in [4.69, 9.17) is 10.7 Å². The van der Waals surface area contributed by atoms with Crippen LogP contribution < -0.4 is 5.73 Å². The second-order valence-electron chi connectivity index (χ2n) is 5.53. The van der Waals surface area contributed by atoms with Crippen molar-refractivity contribution in [1.29, 1.82) is 0 Å². The zero-order valence-electron chi connectivity index (χ0n) is 12.7. The molecule has 2 N–H and O–H groups in total. The largest absolute Gasteiger partial charge is 0.329 e. The molecular formula is C17H20N4. The van der Waals surface area contributed by atoms with E-state index >= 15 is 0 Å². The van der Waals surface area contributed by atoms with E-state index in [1.54, 1.807) is 0 Å². The minimum absolute atomic E-state index is 0.568. The van der Waals surface area contributed by atoms with Gasteiger partial charge in [-0.05, 0) is 49.6 Å². The minimum atomic E-state index is 0.568. The van der Waals surface area contributed by atoms with Gasteiger partial charge in [0.05, 0.1) is 0 Å². The van der Waals surface area contributed by atoms with Crippen molar-refractivity contribution in [3.63, 3.8) is 0 Å². The molecule has 108 valence electrons. The highest BCUT2D eigenvalue weighted by Gasteiger charge is 2.13. The number of fused-ring (bicyclic) bond motifs is 1. The number of nitrogens with zero attached hydrogens (tertiary/aromatic N) is 3. The van der Waals surface area contributed by atoms with Gasteiger partial charge in [-0.15, -0.1) is 0 Å². The van der Waals surface area contributed by atoms with Crippen LogP contribution in [-0.2, 0) is 6.54 Å². The van der Waals surface area contributed by atoms with E-state index in [1.807, 2.05) is 13.1 Å². The second kappa shape index (κ2) is 5.30. The average molecular weight is 280 g/mol. The summed E-state index contributed by atoms with van der Waals surface area (Å²) in [6, 6.07) is 8.50. The molecule has 1 aromatic carbocycles. The Morgan fingerprint density at radius 2 is 1.90 bits per heavy atom. The third kappa shape index (κ3) is 2.43. The van der Waals surface area contributed by atoms with Crippen molar-refractivity contribution >= 4 is 11.2 Å². The standard InChI is InChI=1S/C17H20N4/c1-11-8-15-17(19-10-11)21(7-6-18)16(20-15)14-5-4-12(2)13(3)9-14/h4-5,8-10H,6-7,18H2,1-3H3. The van der Waals surface area contributed by atoms with Crippen molar-refractivity contribution in [3.05, 3.63) is 47.2 Å². The Morgan fingerprint density at radius 3 is 2.62 bits per heavy atom. The molecule has 0 unspecified atom stereocenters. The molecule has 0 aliphatic carbocycles. The fraction of sp³-hybridized carbons (Fsp3) is 0.294. The summed E-state index contributed by atoms with van der Waals surface area (Å²) in [6.45, 7) is 7.56. The van der Waals surface area contributed by atoms with Crippen LogP contribution in [-0.4, -0.2) is 21.1 Å². The van der Waals surface area contributed by atoms with Crippen LogP contribution >= 0.6 is 0 Å². The minimum Gasteiger partial charge on any atom is -0.329 e. The number of hydrogen-bond donors (Lipinski definition) is 1. The number of benzene rings is 1. The fourth-order valence-electron chi connectivity index (χ4n) is 2.55. The molecule has 0 bridgehead atoms. The molecule has 0 spiro atoms. The van der Waals surface area contributed by atoms with Crippen LogP contribution in [0.2, 0.25) is 0 Å². The van der Waals surface area contributed by atoms with E-state index in [0.29, 0.717) is 6.54 Å². The van der Waals surface area contributed by atoms with Gasteiger partial charge in [0.15, 0.2) is 5.65 Å². The first-order valence-electron chi connectivity index (χ1n) is 7.20. The Hall–Kier alpha value is -2.20. The average Bonchev–Trinajstić information content (AvgIpc) is 2.80. The summed E-state index contributed by atoms with van der Waals surface area (Å²) in [5, 5.41) is 0. The lowest BCUT2D eigenvalue weighted by Gasteiger charge is -2.08. The summed E-state index contributed by atoms with van der Waals surface area (Å²) in [6.07, 6.45) is 1.88. The highest BCUT2D eigenvalue weighted by Crippen LogP contribution is 2.25. The maximum absolute atomic E-state index is 5.77. The van der Waals surface area contributed by atoms with Gasteiger partial charge in [-0.1, -0.05) is 12.1 Å². The maximum Gasteiger partial charge on any atom is 0.160 e. The van der Waals surface area contributed by atoms with Crippen LogP contribution in [0.25, 0.3) is 22.6 Å². The first kappa shape index (κ1) is 13.8. The number of nitrogens with two attached hydrogens (primary N) is 1. The first-order valence-corrected chi connectivity index (χ1v) is 7.20. The van der Waals surface area contributed by atoms with Crippen molar-refractivity contribution in [1.82, 2.24) is 14.5 Å². The molecule has 0 fully saturated rings. The van der Waals surface area contributed by atoms with E-state index in [0.717, 1.165) is 34.7 Å². The molecule has 0 atom stereocenters. The Balaban J connectivity index is 2.24. The second-order valence-corrected chi connectivity index (χ2v) is 5.53. The van der Waals surface area contributed by atoms with Crippen LogP contribution in [0.4, 0.5) is 0 Å². The smallest absolute Gasteiger partial charge is 0.160 e. The van der Waals surface area contributed by atoms with Gasteiger partial charge in [0.1, 0.15) is 11.3 Å². The van der Waals surface area contributed by atoms with E-state index in [9.17, 15) is 0 Å². The molecule has 0 saturated carbocycles. The summed E-state index contributed by atoms with van der Waals surface area (Å²) in [5.41, 5.74) is 12.4. The normalized spacial score (nSPS) is 11.2. The number of rotatable bonds is 3. The maximum atomic E-state index is 5.77. The van der Waals surface area contributed by atoms with Crippen LogP contribution in [0.1, 0.15) is 16.7 Å². The number of aryl methyl sites for hydroxylation is 3.